The summed E-state index contributed by atoms with van der Waals surface area (Å²) < 4.78 is 52.1. The van der Waals surface area contributed by atoms with Crippen molar-refractivity contribution in [3.63, 3.8) is 0 Å². The fourth-order valence-electron chi connectivity index (χ4n) is 3.44. The number of alkyl halides is 3. The summed E-state index contributed by atoms with van der Waals surface area (Å²) in [6.45, 7) is 1.14. The molecule has 1 N–H and O–H groups in total. The molecular formula is C19H17F4NO2. The molecule has 1 aliphatic heterocycles. The highest BCUT2D eigenvalue weighted by molar-refractivity contribution is 5.72. The summed E-state index contributed by atoms with van der Waals surface area (Å²) in [5.41, 5.74) is -0.0541. The Morgan fingerprint density at radius 2 is 1.81 bits per heavy atom. The van der Waals surface area contributed by atoms with Crippen LogP contribution in [0.2, 0.25) is 0 Å². The van der Waals surface area contributed by atoms with Crippen LogP contribution in [0.3, 0.4) is 0 Å². The smallest absolute Gasteiger partial charge is 0.419 e. The van der Waals surface area contributed by atoms with Gasteiger partial charge in [0.2, 0.25) is 0 Å². The van der Waals surface area contributed by atoms with E-state index in [1.54, 1.807) is 0 Å². The molecule has 26 heavy (non-hydrogen) atoms. The Kier molecular flexibility index (Phi) is 5.00. The average Bonchev–Trinajstić information content (AvgIpc) is 2.98. The zero-order valence-corrected chi connectivity index (χ0v) is 13.7. The molecule has 1 saturated heterocycles. The minimum atomic E-state index is -4.77. The molecule has 0 radical (unpaired) electrons. The second kappa shape index (κ2) is 7.07. The lowest BCUT2D eigenvalue weighted by atomic mass is 9.88. The molecule has 138 valence electrons. The number of hydrogen-bond acceptors (Lipinski definition) is 2. The van der Waals surface area contributed by atoms with E-state index in [1.165, 1.54) is 6.07 Å². The lowest BCUT2D eigenvalue weighted by Crippen LogP contribution is -2.23. The van der Waals surface area contributed by atoms with Gasteiger partial charge in [0.05, 0.1) is 11.5 Å². The molecule has 0 bridgehead atoms. The van der Waals surface area contributed by atoms with E-state index in [0.29, 0.717) is 19.2 Å². The molecule has 0 unspecified atom stereocenters. The van der Waals surface area contributed by atoms with Gasteiger partial charge in [-0.2, -0.15) is 13.2 Å². The van der Waals surface area contributed by atoms with Crippen molar-refractivity contribution in [2.24, 2.45) is 5.92 Å². The summed E-state index contributed by atoms with van der Waals surface area (Å²) in [5, 5.41) is 9.48. The predicted molar refractivity (Wildman–Crippen MR) is 87.0 cm³/mol. The summed E-state index contributed by atoms with van der Waals surface area (Å²) in [5.74, 6) is -3.77. The van der Waals surface area contributed by atoms with Gasteiger partial charge >= 0.3 is 12.1 Å². The molecule has 7 heteroatoms. The Morgan fingerprint density at radius 3 is 2.38 bits per heavy atom. The molecule has 0 amide bonds. The number of halogens is 4. The number of benzene rings is 2. The summed E-state index contributed by atoms with van der Waals surface area (Å²) in [4.78, 5) is 13.5. The molecule has 3 rings (SSSR count). The van der Waals surface area contributed by atoms with Gasteiger partial charge in [-0.3, -0.25) is 9.69 Å². The third-order valence-corrected chi connectivity index (χ3v) is 4.69. The Balaban J connectivity index is 1.83. The van der Waals surface area contributed by atoms with Crippen LogP contribution in [0.5, 0.6) is 0 Å². The van der Waals surface area contributed by atoms with Crippen molar-refractivity contribution in [2.75, 3.05) is 13.1 Å². The fourth-order valence-corrected chi connectivity index (χ4v) is 3.44. The lowest BCUT2D eigenvalue weighted by Gasteiger charge is -2.17. The average molecular weight is 367 g/mol. The van der Waals surface area contributed by atoms with E-state index >= 15 is 0 Å². The Hall–Kier alpha value is -2.41. The molecule has 2 atom stereocenters. The van der Waals surface area contributed by atoms with Crippen molar-refractivity contribution in [1.82, 2.24) is 4.90 Å². The Bertz CT molecular complexity index is 792. The second-order valence-corrected chi connectivity index (χ2v) is 6.47. The van der Waals surface area contributed by atoms with Crippen LogP contribution in [0.15, 0.2) is 48.5 Å². The van der Waals surface area contributed by atoms with Crippen molar-refractivity contribution < 1.29 is 27.5 Å². The van der Waals surface area contributed by atoms with Crippen molar-refractivity contribution in [1.29, 1.82) is 0 Å². The third kappa shape index (κ3) is 3.88. The van der Waals surface area contributed by atoms with Crippen molar-refractivity contribution in [3.8, 4) is 0 Å². The molecule has 2 aromatic carbocycles. The van der Waals surface area contributed by atoms with E-state index in [2.05, 4.69) is 0 Å². The van der Waals surface area contributed by atoms with E-state index in [1.807, 2.05) is 35.2 Å². The van der Waals surface area contributed by atoms with Gasteiger partial charge in [0.25, 0.3) is 0 Å². The van der Waals surface area contributed by atoms with Gasteiger partial charge in [0, 0.05) is 25.6 Å². The number of aliphatic carboxylic acids is 1. The van der Waals surface area contributed by atoms with E-state index in [-0.39, 0.29) is 12.1 Å². The quantitative estimate of drug-likeness (QED) is 0.826. The normalized spacial score (nSPS) is 21.1. The summed E-state index contributed by atoms with van der Waals surface area (Å²) in [6.07, 6.45) is -4.77. The van der Waals surface area contributed by atoms with Crippen LogP contribution in [-0.2, 0) is 17.5 Å². The first-order valence-electron chi connectivity index (χ1n) is 8.11. The van der Waals surface area contributed by atoms with Gasteiger partial charge < -0.3 is 5.11 Å². The van der Waals surface area contributed by atoms with Crippen LogP contribution in [0.1, 0.15) is 22.6 Å². The lowest BCUT2D eigenvalue weighted by molar-refractivity contribution is -0.142. The standard InChI is InChI=1S/C19H17F4NO2/c20-17-8-13(6-7-16(17)19(21,22)23)14-10-24(11-15(14)18(25)26)9-12-4-2-1-3-5-12/h1-8,14-15H,9-11H2,(H,25,26)/t14-,15+/m0/s1. The van der Waals surface area contributed by atoms with Crippen LogP contribution in [0, 0.1) is 11.7 Å². The number of carbonyl (C=O) groups is 1. The maximum Gasteiger partial charge on any atom is 0.419 e. The van der Waals surface area contributed by atoms with Gasteiger partial charge in [0.1, 0.15) is 5.82 Å². The highest BCUT2D eigenvalue weighted by atomic mass is 19.4. The Morgan fingerprint density at radius 1 is 1.12 bits per heavy atom. The number of carboxylic acids is 1. The van der Waals surface area contributed by atoms with Gasteiger partial charge in [-0.25, -0.2) is 4.39 Å². The minimum Gasteiger partial charge on any atom is -0.481 e. The highest BCUT2D eigenvalue weighted by Crippen LogP contribution is 2.37. The SMILES string of the molecule is O=C(O)[C@@H]1CN(Cc2ccccc2)C[C@H]1c1ccc(C(F)(F)F)c(F)c1. The summed E-state index contributed by atoms with van der Waals surface area (Å²) in [7, 11) is 0. The Labute approximate surface area is 147 Å². The van der Waals surface area contributed by atoms with Gasteiger partial charge in [0.15, 0.2) is 0 Å². The molecule has 0 saturated carbocycles. The molecule has 0 aliphatic carbocycles. The number of likely N-dealkylation sites (tertiary alicyclic amines) is 1. The number of rotatable bonds is 4. The largest absolute Gasteiger partial charge is 0.481 e. The molecular weight excluding hydrogens is 350 g/mol. The number of carboxylic acid groups (broad SMARTS) is 1. The van der Waals surface area contributed by atoms with Crippen LogP contribution < -0.4 is 0 Å². The van der Waals surface area contributed by atoms with E-state index in [0.717, 1.165) is 11.6 Å². The van der Waals surface area contributed by atoms with E-state index in [9.17, 15) is 27.5 Å². The first kappa shape index (κ1) is 18.4. The molecule has 1 aliphatic rings. The number of hydrogen-bond donors (Lipinski definition) is 1. The van der Waals surface area contributed by atoms with Crippen LogP contribution >= 0.6 is 0 Å². The van der Waals surface area contributed by atoms with E-state index < -0.39 is 35.4 Å². The predicted octanol–water partition coefficient (Wildman–Crippen LogP) is 4.14. The van der Waals surface area contributed by atoms with Gasteiger partial charge in [-0.15, -0.1) is 0 Å². The zero-order valence-electron chi connectivity index (χ0n) is 13.7. The monoisotopic (exact) mass is 367 g/mol. The maximum atomic E-state index is 13.9. The fraction of sp³-hybridized carbons (Fsp3) is 0.316. The molecule has 0 spiro atoms. The van der Waals surface area contributed by atoms with Crippen LogP contribution in [-0.4, -0.2) is 29.1 Å². The molecule has 1 heterocycles. The summed E-state index contributed by atoms with van der Waals surface area (Å²) in [6, 6.07) is 12.1. The van der Waals surface area contributed by atoms with Gasteiger partial charge in [-0.1, -0.05) is 36.4 Å². The highest BCUT2D eigenvalue weighted by Gasteiger charge is 2.40. The maximum absolute atomic E-state index is 13.9. The van der Waals surface area contributed by atoms with Crippen molar-refractivity contribution in [3.05, 3.63) is 71.0 Å². The molecule has 2 aromatic rings. The van der Waals surface area contributed by atoms with Crippen molar-refractivity contribution in [2.45, 2.75) is 18.6 Å². The third-order valence-electron chi connectivity index (χ3n) is 4.69. The topological polar surface area (TPSA) is 40.5 Å². The minimum absolute atomic E-state index is 0.261. The zero-order chi connectivity index (χ0) is 18.9. The van der Waals surface area contributed by atoms with Crippen molar-refractivity contribution >= 4 is 5.97 Å². The second-order valence-electron chi connectivity index (χ2n) is 6.47. The molecule has 1 fully saturated rings. The number of nitrogens with zero attached hydrogens (tertiary/aromatic N) is 1. The molecule has 0 aromatic heterocycles. The van der Waals surface area contributed by atoms with Crippen LogP contribution in [0.25, 0.3) is 0 Å². The first-order chi connectivity index (χ1) is 12.3. The van der Waals surface area contributed by atoms with E-state index in [4.69, 9.17) is 0 Å². The molecule has 3 nitrogen and oxygen atoms in total. The summed E-state index contributed by atoms with van der Waals surface area (Å²) >= 11 is 0. The van der Waals surface area contributed by atoms with Gasteiger partial charge in [-0.05, 0) is 23.3 Å². The van der Waals surface area contributed by atoms with Crippen LogP contribution in [0.4, 0.5) is 17.6 Å². The first-order valence-corrected chi connectivity index (χ1v) is 8.11.